The summed E-state index contributed by atoms with van der Waals surface area (Å²) in [6, 6.07) is 7.67. The van der Waals surface area contributed by atoms with E-state index in [0.717, 1.165) is 17.9 Å². The van der Waals surface area contributed by atoms with Crippen LogP contribution in [0.1, 0.15) is 6.42 Å². The van der Waals surface area contributed by atoms with Gasteiger partial charge in [-0.2, -0.15) is 0 Å². The molecule has 0 amide bonds. The van der Waals surface area contributed by atoms with Gasteiger partial charge >= 0.3 is 0 Å². The second-order valence-electron chi connectivity index (χ2n) is 3.10. The molecule has 0 spiro atoms. The van der Waals surface area contributed by atoms with E-state index in [9.17, 15) is 0 Å². The number of benzene rings is 1. The van der Waals surface area contributed by atoms with Gasteiger partial charge in [-0.3, -0.25) is 0 Å². The summed E-state index contributed by atoms with van der Waals surface area (Å²) in [7, 11) is 0. The molecule has 15 heavy (non-hydrogen) atoms. The van der Waals surface area contributed by atoms with Gasteiger partial charge in [0.15, 0.2) is 0 Å². The van der Waals surface area contributed by atoms with Crippen molar-refractivity contribution in [3.8, 4) is 5.75 Å². The lowest BCUT2D eigenvalue weighted by atomic mass is 10.3. The fourth-order valence-corrected chi connectivity index (χ4v) is 1.13. The van der Waals surface area contributed by atoms with Crippen molar-refractivity contribution in [1.82, 2.24) is 0 Å². The van der Waals surface area contributed by atoms with Crippen LogP contribution in [0.2, 0.25) is 0 Å². The molecule has 1 aromatic rings. The molecule has 0 bridgehead atoms. The zero-order valence-corrected chi connectivity index (χ0v) is 8.78. The van der Waals surface area contributed by atoms with Gasteiger partial charge in [0.25, 0.3) is 0 Å². The van der Waals surface area contributed by atoms with E-state index >= 15 is 0 Å². The Hall–Kier alpha value is -1.48. The number of aliphatic hydroxyl groups is 1. The average Bonchev–Trinajstić information content (AvgIpc) is 2.28. The summed E-state index contributed by atoms with van der Waals surface area (Å²) in [5.74, 6) is 0.853. The summed E-state index contributed by atoms with van der Waals surface area (Å²) < 4.78 is 5.46. The number of hydrogen-bond acceptors (Lipinski definition) is 3. The maximum Gasteiger partial charge on any atom is 0.119 e. The third-order valence-corrected chi connectivity index (χ3v) is 1.89. The topological polar surface area (TPSA) is 41.5 Å². The largest absolute Gasteiger partial charge is 0.493 e. The highest BCUT2D eigenvalue weighted by Gasteiger charge is 1.93. The Morgan fingerprint density at radius 3 is 2.67 bits per heavy atom. The predicted octanol–water partition coefficient (Wildman–Crippen LogP) is 2.05. The first-order valence-corrected chi connectivity index (χ1v) is 5.05. The Balaban J connectivity index is 2.38. The molecule has 0 aliphatic carbocycles. The van der Waals surface area contributed by atoms with E-state index in [2.05, 4.69) is 11.9 Å². The summed E-state index contributed by atoms with van der Waals surface area (Å²) in [4.78, 5) is 0. The highest BCUT2D eigenvalue weighted by atomic mass is 16.5. The Bertz CT molecular complexity index is 282. The van der Waals surface area contributed by atoms with Gasteiger partial charge in [-0.15, -0.1) is 6.58 Å². The minimum atomic E-state index is 0.136. The molecule has 0 aliphatic rings. The van der Waals surface area contributed by atoms with Gasteiger partial charge in [-0.1, -0.05) is 6.08 Å². The van der Waals surface area contributed by atoms with E-state index in [1.165, 1.54) is 0 Å². The van der Waals surface area contributed by atoms with Gasteiger partial charge in [0.05, 0.1) is 13.2 Å². The second kappa shape index (κ2) is 6.90. The minimum Gasteiger partial charge on any atom is -0.493 e. The summed E-state index contributed by atoms with van der Waals surface area (Å²) in [5.41, 5.74) is 0.986. The molecule has 0 saturated carbocycles. The molecule has 0 aliphatic heterocycles. The first kappa shape index (κ1) is 11.6. The maximum atomic E-state index is 8.63. The van der Waals surface area contributed by atoms with E-state index in [0.29, 0.717) is 13.2 Å². The Morgan fingerprint density at radius 1 is 1.33 bits per heavy atom. The van der Waals surface area contributed by atoms with Crippen molar-refractivity contribution < 1.29 is 9.84 Å². The molecule has 0 radical (unpaired) electrons. The molecule has 0 atom stereocenters. The SMILES string of the molecule is C=CCCOc1ccc(NCCO)cc1. The second-order valence-corrected chi connectivity index (χ2v) is 3.10. The van der Waals surface area contributed by atoms with E-state index in [1.54, 1.807) is 0 Å². The van der Waals surface area contributed by atoms with Crippen molar-refractivity contribution in [2.45, 2.75) is 6.42 Å². The van der Waals surface area contributed by atoms with Crippen LogP contribution in [0.5, 0.6) is 5.75 Å². The molecule has 82 valence electrons. The van der Waals surface area contributed by atoms with Crippen LogP contribution in [0, 0.1) is 0 Å². The van der Waals surface area contributed by atoms with Crippen LogP contribution >= 0.6 is 0 Å². The third-order valence-electron chi connectivity index (χ3n) is 1.89. The molecule has 0 saturated heterocycles. The number of aliphatic hydroxyl groups excluding tert-OH is 1. The van der Waals surface area contributed by atoms with Crippen LogP contribution in [0.3, 0.4) is 0 Å². The molecule has 1 aromatic carbocycles. The Kier molecular flexibility index (Phi) is 5.33. The molecule has 1 rings (SSSR count). The van der Waals surface area contributed by atoms with Gasteiger partial charge in [-0.05, 0) is 30.7 Å². The highest BCUT2D eigenvalue weighted by molar-refractivity contribution is 5.46. The fraction of sp³-hybridized carbons (Fsp3) is 0.333. The van der Waals surface area contributed by atoms with Gasteiger partial charge < -0.3 is 15.2 Å². The van der Waals surface area contributed by atoms with Crippen molar-refractivity contribution in [3.63, 3.8) is 0 Å². The molecular weight excluding hydrogens is 190 g/mol. The fourth-order valence-electron chi connectivity index (χ4n) is 1.13. The van der Waals surface area contributed by atoms with E-state index in [-0.39, 0.29) is 6.61 Å². The lowest BCUT2D eigenvalue weighted by molar-refractivity contribution is 0.311. The minimum absolute atomic E-state index is 0.136. The van der Waals surface area contributed by atoms with Crippen molar-refractivity contribution in [2.75, 3.05) is 25.1 Å². The monoisotopic (exact) mass is 207 g/mol. The lowest BCUT2D eigenvalue weighted by Crippen LogP contribution is -2.05. The van der Waals surface area contributed by atoms with Crippen LogP contribution < -0.4 is 10.1 Å². The van der Waals surface area contributed by atoms with Gasteiger partial charge in [-0.25, -0.2) is 0 Å². The van der Waals surface area contributed by atoms with Gasteiger partial charge in [0.2, 0.25) is 0 Å². The molecule has 0 fully saturated rings. The summed E-state index contributed by atoms with van der Waals surface area (Å²) in [5, 5.41) is 11.7. The molecule has 0 heterocycles. The first-order valence-electron chi connectivity index (χ1n) is 5.05. The Labute approximate surface area is 90.4 Å². The first-order chi connectivity index (χ1) is 7.36. The molecule has 3 heteroatoms. The zero-order valence-electron chi connectivity index (χ0n) is 8.78. The van der Waals surface area contributed by atoms with E-state index in [4.69, 9.17) is 9.84 Å². The Morgan fingerprint density at radius 2 is 2.07 bits per heavy atom. The summed E-state index contributed by atoms with van der Waals surface area (Å²) in [6.07, 6.45) is 2.68. The van der Waals surface area contributed by atoms with Crippen LogP contribution in [0.4, 0.5) is 5.69 Å². The quantitative estimate of drug-likeness (QED) is 0.531. The lowest BCUT2D eigenvalue weighted by Gasteiger charge is -2.07. The van der Waals surface area contributed by atoms with Crippen LogP contribution in [0.25, 0.3) is 0 Å². The number of anilines is 1. The van der Waals surface area contributed by atoms with Crippen molar-refractivity contribution in [2.24, 2.45) is 0 Å². The van der Waals surface area contributed by atoms with Gasteiger partial charge in [0, 0.05) is 12.2 Å². The third kappa shape index (κ3) is 4.51. The van der Waals surface area contributed by atoms with Crippen LogP contribution in [-0.4, -0.2) is 24.9 Å². The summed E-state index contributed by atoms with van der Waals surface area (Å²) >= 11 is 0. The normalized spacial score (nSPS) is 9.67. The average molecular weight is 207 g/mol. The number of ether oxygens (including phenoxy) is 1. The van der Waals surface area contributed by atoms with Gasteiger partial charge in [0.1, 0.15) is 5.75 Å². The van der Waals surface area contributed by atoms with Crippen LogP contribution in [-0.2, 0) is 0 Å². The van der Waals surface area contributed by atoms with E-state index in [1.807, 2.05) is 30.3 Å². The zero-order chi connectivity index (χ0) is 10.9. The highest BCUT2D eigenvalue weighted by Crippen LogP contribution is 2.15. The molecular formula is C12H17NO2. The number of nitrogens with one attached hydrogen (secondary N) is 1. The maximum absolute atomic E-state index is 8.63. The van der Waals surface area contributed by atoms with Crippen molar-refractivity contribution >= 4 is 5.69 Å². The predicted molar refractivity (Wildman–Crippen MR) is 62.3 cm³/mol. The van der Waals surface area contributed by atoms with Crippen molar-refractivity contribution in [3.05, 3.63) is 36.9 Å². The van der Waals surface area contributed by atoms with Crippen LogP contribution in [0.15, 0.2) is 36.9 Å². The summed E-state index contributed by atoms with van der Waals surface area (Å²) in [6.45, 7) is 4.99. The standard InChI is InChI=1S/C12H17NO2/c1-2-3-10-15-12-6-4-11(5-7-12)13-8-9-14/h2,4-7,13-14H,1,3,8-10H2. The number of rotatable bonds is 7. The molecule has 0 aromatic heterocycles. The van der Waals surface area contributed by atoms with Crippen molar-refractivity contribution in [1.29, 1.82) is 0 Å². The molecule has 2 N–H and O–H groups in total. The smallest absolute Gasteiger partial charge is 0.119 e. The van der Waals surface area contributed by atoms with E-state index < -0.39 is 0 Å². The number of hydrogen-bond donors (Lipinski definition) is 2. The molecule has 0 unspecified atom stereocenters. The molecule has 3 nitrogen and oxygen atoms in total.